The Bertz CT molecular complexity index is 669. The van der Waals surface area contributed by atoms with Gasteiger partial charge in [0.15, 0.2) is 0 Å². The van der Waals surface area contributed by atoms with Crippen molar-refractivity contribution < 1.29 is 19.1 Å². The van der Waals surface area contributed by atoms with Crippen LogP contribution in [0.25, 0.3) is 0 Å². The lowest BCUT2D eigenvalue weighted by molar-refractivity contribution is -0.142. The summed E-state index contributed by atoms with van der Waals surface area (Å²) < 4.78 is 5.05. The number of carbonyl (C=O) groups is 3. The van der Waals surface area contributed by atoms with Crippen molar-refractivity contribution in [3.05, 3.63) is 22.4 Å². The van der Waals surface area contributed by atoms with Crippen LogP contribution in [-0.4, -0.2) is 60.5 Å². The molecular weight excluding hydrogens is 366 g/mol. The summed E-state index contributed by atoms with van der Waals surface area (Å²) in [5, 5.41) is 7.78. The van der Waals surface area contributed by atoms with E-state index in [-0.39, 0.29) is 35.8 Å². The van der Waals surface area contributed by atoms with Gasteiger partial charge in [-0.1, -0.05) is 19.9 Å². The van der Waals surface area contributed by atoms with Crippen molar-refractivity contribution >= 4 is 29.1 Å². The van der Waals surface area contributed by atoms with Crippen molar-refractivity contribution in [2.24, 2.45) is 5.92 Å². The zero-order chi connectivity index (χ0) is 19.4. The minimum Gasteiger partial charge on any atom is -0.464 e. The molecule has 2 amide bonds. The van der Waals surface area contributed by atoms with Gasteiger partial charge in [-0.15, -0.1) is 11.3 Å². The summed E-state index contributed by atoms with van der Waals surface area (Å²) in [5.74, 6) is -0.502. The molecule has 2 fully saturated rings. The van der Waals surface area contributed by atoms with E-state index in [0.717, 1.165) is 32.4 Å². The van der Waals surface area contributed by atoms with E-state index in [1.165, 1.54) is 11.3 Å². The van der Waals surface area contributed by atoms with Crippen molar-refractivity contribution in [2.45, 2.75) is 51.2 Å². The van der Waals surface area contributed by atoms with E-state index in [2.05, 4.69) is 15.5 Å². The van der Waals surface area contributed by atoms with Crippen molar-refractivity contribution in [3.8, 4) is 0 Å². The molecule has 0 radical (unpaired) electrons. The lowest BCUT2D eigenvalue weighted by Crippen LogP contribution is -2.55. The van der Waals surface area contributed by atoms with Crippen LogP contribution in [0.15, 0.2) is 17.5 Å². The quantitative estimate of drug-likeness (QED) is 0.714. The first-order chi connectivity index (χ1) is 13.0. The number of piperidine rings is 1. The van der Waals surface area contributed by atoms with Crippen molar-refractivity contribution in [1.29, 1.82) is 0 Å². The van der Waals surface area contributed by atoms with Gasteiger partial charge in [0.25, 0.3) is 5.91 Å². The Balaban J connectivity index is 1.50. The number of rotatable bonds is 6. The summed E-state index contributed by atoms with van der Waals surface area (Å²) in [6, 6.07) is 2.93. The van der Waals surface area contributed by atoms with Crippen LogP contribution < -0.4 is 10.6 Å². The number of hydrogen-bond acceptors (Lipinski definition) is 6. The molecule has 3 heterocycles. The van der Waals surface area contributed by atoms with Gasteiger partial charge in [0.2, 0.25) is 5.91 Å². The second-order valence-electron chi connectivity index (χ2n) is 7.46. The van der Waals surface area contributed by atoms with E-state index >= 15 is 0 Å². The standard InChI is InChI=1S/C19H27N3O4S/c1-12(2)16(21-17(23)15-4-3-11-27-15)18(24)20-13-5-8-22(9-6-13)14-7-10-26-19(14)25/h3-4,11-14,16H,5-10H2,1-2H3,(H,20,24)(H,21,23). The Kier molecular flexibility index (Phi) is 6.49. The number of nitrogens with zero attached hydrogens (tertiary/aromatic N) is 1. The number of cyclic esters (lactones) is 1. The summed E-state index contributed by atoms with van der Waals surface area (Å²) in [7, 11) is 0. The van der Waals surface area contributed by atoms with Crippen molar-refractivity contribution in [3.63, 3.8) is 0 Å². The van der Waals surface area contributed by atoms with Crippen molar-refractivity contribution in [2.75, 3.05) is 19.7 Å². The zero-order valence-corrected chi connectivity index (χ0v) is 16.6. The topological polar surface area (TPSA) is 87.7 Å². The molecule has 1 aromatic heterocycles. The summed E-state index contributed by atoms with van der Waals surface area (Å²) >= 11 is 1.36. The summed E-state index contributed by atoms with van der Waals surface area (Å²) in [6.07, 6.45) is 2.33. The highest BCUT2D eigenvalue weighted by molar-refractivity contribution is 7.12. The maximum absolute atomic E-state index is 12.7. The Morgan fingerprint density at radius 1 is 1.26 bits per heavy atom. The molecule has 2 atom stereocenters. The molecule has 0 spiro atoms. The van der Waals surface area contributed by atoms with Gasteiger partial charge in [-0.2, -0.15) is 0 Å². The predicted octanol–water partition coefficient (Wildman–Crippen LogP) is 1.40. The van der Waals surface area contributed by atoms with Gasteiger partial charge in [-0.25, -0.2) is 0 Å². The number of likely N-dealkylation sites (tertiary alicyclic amines) is 1. The molecule has 148 valence electrons. The number of hydrogen-bond donors (Lipinski definition) is 2. The lowest BCUT2D eigenvalue weighted by Gasteiger charge is -2.35. The smallest absolute Gasteiger partial charge is 0.323 e. The van der Waals surface area contributed by atoms with E-state index in [9.17, 15) is 14.4 Å². The van der Waals surface area contributed by atoms with E-state index in [1.807, 2.05) is 25.3 Å². The van der Waals surface area contributed by atoms with Crippen LogP contribution in [0.5, 0.6) is 0 Å². The SMILES string of the molecule is CC(C)C(NC(=O)c1cccs1)C(=O)NC1CCN(C2CCOC2=O)CC1. The molecule has 2 aliphatic rings. The maximum Gasteiger partial charge on any atom is 0.323 e. The minimum absolute atomic E-state index is 0.0118. The van der Waals surface area contributed by atoms with Crippen LogP contribution in [-0.2, 0) is 14.3 Å². The van der Waals surface area contributed by atoms with Crippen LogP contribution in [0.2, 0.25) is 0 Å². The first kappa shape index (κ1) is 19.8. The lowest BCUT2D eigenvalue weighted by atomic mass is 9.99. The Hall–Kier alpha value is -1.93. The third-order valence-electron chi connectivity index (χ3n) is 5.21. The number of esters is 1. The van der Waals surface area contributed by atoms with Gasteiger partial charge in [0.1, 0.15) is 12.1 Å². The molecule has 8 heteroatoms. The van der Waals surface area contributed by atoms with Gasteiger partial charge in [0, 0.05) is 25.6 Å². The number of amides is 2. The van der Waals surface area contributed by atoms with Crippen LogP contribution in [0.3, 0.4) is 0 Å². The van der Waals surface area contributed by atoms with Crippen LogP contribution >= 0.6 is 11.3 Å². The fourth-order valence-electron chi connectivity index (χ4n) is 3.62. The molecule has 0 saturated carbocycles. The predicted molar refractivity (Wildman–Crippen MR) is 103 cm³/mol. The Labute approximate surface area is 163 Å². The van der Waals surface area contributed by atoms with Gasteiger partial charge in [-0.05, 0) is 30.2 Å². The average molecular weight is 394 g/mol. The molecule has 2 N–H and O–H groups in total. The van der Waals surface area contributed by atoms with Gasteiger partial charge < -0.3 is 15.4 Å². The third kappa shape index (κ3) is 4.87. The third-order valence-corrected chi connectivity index (χ3v) is 6.07. The van der Waals surface area contributed by atoms with Crippen LogP contribution in [0.1, 0.15) is 42.8 Å². The highest BCUT2D eigenvalue weighted by Gasteiger charge is 2.35. The number of ether oxygens (including phenoxy) is 1. The van der Waals surface area contributed by atoms with Crippen LogP contribution in [0.4, 0.5) is 0 Å². The van der Waals surface area contributed by atoms with Crippen LogP contribution in [0, 0.1) is 5.92 Å². The second-order valence-corrected chi connectivity index (χ2v) is 8.41. The Morgan fingerprint density at radius 2 is 2.00 bits per heavy atom. The second kappa shape index (κ2) is 8.84. The summed E-state index contributed by atoms with van der Waals surface area (Å²) in [5.41, 5.74) is 0. The molecule has 2 saturated heterocycles. The molecule has 0 aromatic carbocycles. The number of thiophene rings is 1. The molecular formula is C19H27N3O4S. The van der Waals surface area contributed by atoms with E-state index < -0.39 is 6.04 Å². The van der Waals surface area contributed by atoms with Gasteiger partial charge >= 0.3 is 5.97 Å². The molecule has 0 aliphatic carbocycles. The highest BCUT2D eigenvalue weighted by atomic mass is 32.1. The molecule has 27 heavy (non-hydrogen) atoms. The summed E-state index contributed by atoms with van der Waals surface area (Å²) in [4.78, 5) is 39.5. The monoisotopic (exact) mass is 393 g/mol. The minimum atomic E-state index is -0.567. The molecule has 2 aliphatic heterocycles. The normalized spacial score (nSPS) is 22.5. The average Bonchev–Trinajstić information content (AvgIpc) is 3.31. The van der Waals surface area contributed by atoms with E-state index in [0.29, 0.717) is 11.5 Å². The fourth-order valence-corrected chi connectivity index (χ4v) is 4.25. The summed E-state index contributed by atoms with van der Waals surface area (Å²) in [6.45, 7) is 5.87. The first-order valence-electron chi connectivity index (χ1n) is 9.51. The fraction of sp³-hybridized carbons (Fsp3) is 0.632. The van der Waals surface area contributed by atoms with Gasteiger partial charge in [-0.3, -0.25) is 19.3 Å². The zero-order valence-electron chi connectivity index (χ0n) is 15.8. The molecule has 0 bridgehead atoms. The first-order valence-corrected chi connectivity index (χ1v) is 10.4. The Morgan fingerprint density at radius 3 is 2.56 bits per heavy atom. The highest BCUT2D eigenvalue weighted by Crippen LogP contribution is 2.20. The largest absolute Gasteiger partial charge is 0.464 e. The molecule has 1 aromatic rings. The van der Waals surface area contributed by atoms with E-state index in [1.54, 1.807) is 6.07 Å². The molecule has 3 rings (SSSR count). The number of nitrogens with one attached hydrogen (secondary N) is 2. The van der Waals surface area contributed by atoms with Crippen molar-refractivity contribution in [1.82, 2.24) is 15.5 Å². The van der Waals surface area contributed by atoms with Gasteiger partial charge in [0.05, 0.1) is 11.5 Å². The molecule has 7 nitrogen and oxygen atoms in total. The maximum atomic E-state index is 12.7. The van der Waals surface area contributed by atoms with E-state index in [4.69, 9.17) is 4.74 Å². The molecule has 2 unspecified atom stereocenters. The number of carbonyl (C=O) groups excluding carboxylic acids is 3.